The summed E-state index contributed by atoms with van der Waals surface area (Å²) in [4.78, 5) is 12.7. The van der Waals surface area contributed by atoms with Crippen LogP contribution < -0.4 is 5.32 Å². The highest BCUT2D eigenvalue weighted by molar-refractivity contribution is 7.92. The third-order valence-corrected chi connectivity index (χ3v) is 6.91. The van der Waals surface area contributed by atoms with Gasteiger partial charge >= 0.3 is 0 Å². The highest BCUT2D eigenvalue weighted by Gasteiger charge is 2.30. The van der Waals surface area contributed by atoms with Crippen LogP contribution in [0, 0.1) is 26.7 Å². The van der Waals surface area contributed by atoms with Crippen LogP contribution in [0.3, 0.4) is 0 Å². The van der Waals surface area contributed by atoms with Crippen molar-refractivity contribution >= 4 is 27.7 Å². The highest BCUT2D eigenvalue weighted by atomic mass is 32.2. The molecule has 5 nitrogen and oxygen atoms in total. The Morgan fingerprint density at radius 2 is 1.62 bits per heavy atom. The molecule has 0 atom stereocenters. The topological polar surface area (TPSA) is 66.5 Å². The minimum atomic E-state index is -3.49. The van der Waals surface area contributed by atoms with E-state index in [0.29, 0.717) is 25.9 Å². The first-order valence-electron chi connectivity index (χ1n) is 9.88. The maximum absolute atomic E-state index is 12.7. The van der Waals surface area contributed by atoms with Gasteiger partial charge in [0.05, 0.1) is 0 Å². The Bertz CT molecular complexity index is 983. The zero-order valence-corrected chi connectivity index (χ0v) is 18.0. The third-order valence-electron chi connectivity index (χ3n) is 5.34. The van der Waals surface area contributed by atoms with E-state index in [1.807, 2.05) is 51.1 Å². The summed E-state index contributed by atoms with van der Waals surface area (Å²) >= 11 is 0. The van der Waals surface area contributed by atoms with Gasteiger partial charge < -0.3 is 5.32 Å². The molecule has 0 aromatic heterocycles. The van der Waals surface area contributed by atoms with Crippen LogP contribution in [0.1, 0.15) is 35.1 Å². The lowest BCUT2D eigenvalue weighted by Crippen LogP contribution is -2.40. The van der Waals surface area contributed by atoms with Crippen LogP contribution in [0.15, 0.2) is 47.9 Å². The number of rotatable bonds is 5. The number of benzene rings is 2. The van der Waals surface area contributed by atoms with E-state index in [-0.39, 0.29) is 11.8 Å². The summed E-state index contributed by atoms with van der Waals surface area (Å²) in [6.45, 7) is 6.72. The van der Waals surface area contributed by atoms with Gasteiger partial charge in [0.1, 0.15) is 0 Å². The number of piperidine rings is 1. The molecule has 0 radical (unpaired) electrons. The summed E-state index contributed by atoms with van der Waals surface area (Å²) in [5.41, 5.74) is 4.96. The Labute approximate surface area is 173 Å². The summed E-state index contributed by atoms with van der Waals surface area (Å²) in [6.07, 6.45) is 2.65. The van der Waals surface area contributed by atoms with Gasteiger partial charge in [-0.2, -0.15) is 4.31 Å². The molecular formula is C23H28N2O3S. The fraction of sp³-hybridized carbons (Fsp3) is 0.348. The SMILES string of the molecule is Cc1cc(C)c(NC(=O)C2CCN(S(=O)(=O)/C=C/c3ccccc3)CC2)c(C)c1. The van der Waals surface area contributed by atoms with Crippen molar-refractivity contribution in [1.82, 2.24) is 4.31 Å². The molecule has 154 valence electrons. The Balaban J connectivity index is 1.60. The van der Waals surface area contributed by atoms with Crippen molar-refractivity contribution in [2.24, 2.45) is 5.92 Å². The molecule has 1 N–H and O–H groups in total. The number of nitrogens with one attached hydrogen (secondary N) is 1. The molecule has 0 spiro atoms. The van der Waals surface area contributed by atoms with E-state index in [0.717, 1.165) is 22.4 Å². The predicted molar refractivity (Wildman–Crippen MR) is 118 cm³/mol. The Kier molecular flexibility index (Phi) is 6.55. The molecule has 1 amide bonds. The lowest BCUT2D eigenvalue weighted by Gasteiger charge is -2.30. The van der Waals surface area contributed by atoms with Crippen LogP contribution in [0.2, 0.25) is 0 Å². The van der Waals surface area contributed by atoms with E-state index in [2.05, 4.69) is 17.4 Å². The van der Waals surface area contributed by atoms with Crippen LogP contribution in [0.5, 0.6) is 0 Å². The molecule has 2 aromatic carbocycles. The minimum Gasteiger partial charge on any atom is -0.325 e. The zero-order chi connectivity index (χ0) is 21.0. The number of sulfonamides is 1. The molecule has 2 aromatic rings. The normalized spacial score (nSPS) is 16.2. The monoisotopic (exact) mass is 412 g/mol. The van der Waals surface area contributed by atoms with Gasteiger partial charge in [0.25, 0.3) is 0 Å². The van der Waals surface area contributed by atoms with Crippen molar-refractivity contribution in [2.45, 2.75) is 33.6 Å². The minimum absolute atomic E-state index is 0.0306. The maximum Gasteiger partial charge on any atom is 0.236 e. The molecule has 6 heteroatoms. The molecule has 29 heavy (non-hydrogen) atoms. The molecule has 0 bridgehead atoms. The molecule has 0 aliphatic carbocycles. The van der Waals surface area contributed by atoms with Crippen molar-refractivity contribution in [3.8, 4) is 0 Å². The largest absolute Gasteiger partial charge is 0.325 e. The highest BCUT2D eigenvalue weighted by Crippen LogP contribution is 2.26. The van der Waals surface area contributed by atoms with E-state index in [4.69, 9.17) is 0 Å². The van der Waals surface area contributed by atoms with Crippen LogP contribution in [-0.2, 0) is 14.8 Å². The Morgan fingerprint density at radius 1 is 1.03 bits per heavy atom. The molecule has 0 unspecified atom stereocenters. The van der Waals surface area contributed by atoms with Gasteiger partial charge in [-0.05, 0) is 56.4 Å². The molecule has 1 aliphatic rings. The number of aryl methyl sites for hydroxylation is 3. The fourth-order valence-corrected chi connectivity index (χ4v) is 5.01. The van der Waals surface area contributed by atoms with Crippen molar-refractivity contribution in [2.75, 3.05) is 18.4 Å². The first kappa shape index (κ1) is 21.3. The number of hydrogen-bond donors (Lipinski definition) is 1. The van der Waals surface area contributed by atoms with Gasteiger partial charge in [-0.3, -0.25) is 4.79 Å². The van der Waals surface area contributed by atoms with E-state index in [9.17, 15) is 13.2 Å². The van der Waals surface area contributed by atoms with E-state index in [1.54, 1.807) is 6.08 Å². The van der Waals surface area contributed by atoms with Crippen LogP contribution in [0.25, 0.3) is 6.08 Å². The first-order chi connectivity index (χ1) is 13.8. The van der Waals surface area contributed by atoms with Gasteiger partial charge in [-0.1, -0.05) is 48.0 Å². The van der Waals surface area contributed by atoms with Crippen LogP contribution in [-0.4, -0.2) is 31.7 Å². The van der Waals surface area contributed by atoms with Crippen LogP contribution in [0.4, 0.5) is 5.69 Å². The number of amides is 1. The summed E-state index contributed by atoms with van der Waals surface area (Å²) in [6, 6.07) is 13.5. The van der Waals surface area contributed by atoms with E-state index >= 15 is 0 Å². The molecule has 1 aliphatic heterocycles. The standard InChI is InChI=1S/C23H28N2O3S/c1-17-15-18(2)22(19(3)16-17)24-23(26)21-9-12-25(13-10-21)29(27,28)14-11-20-7-5-4-6-8-20/h4-8,11,14-16,21H,9-10,12-13H2,1-3H3,(H,24,26)/b14-11+. The number of hydrogen-bond acceptors (Lipinski definition) is 3. The zero-order valence-electron chi connectivity index (χ0n) is 17.2. The summed E-state index contributed by atoms with van der Waals surface area (Å²) in [7, 11) is -3.49. The van der Waals surface area contributed by atoms with Crippen molar-refractivity contribution in [3.63, 3.8) is 0 Å². The van der Waals surface area contributed by atoms with Crippen LogP contribution >= 0.6 is 0 Å². The van der Waals surface area contributed by atoms with Crippen molar-refractivity contribution < 1.29 is 13.2 Å². The molecule has 3 rings (SSSR count). The number of carbonyl (C=O) groups excluding carboxylic acids is 1. The first-order valence-corrected chi connectivity index (χ1v) is 11.4. The third kappa shape index (κ3) is 5.34. The van der Waals surface area contributed by atoms with Crippen molar-refractivity contribution in [3.05, 3.63) is 70.1 Å². The lowest BCUT2D eigenvalue weighted by molar-refractivity contribution is -0.120. The van der Waals surface area contributed by atoms with Gasteiger partial charge in [-0.15, -0.1) is 0 Å². The van der Waals surface area contributed by atoms with Gasteiger partial charge in [0.15, 0.2) is 0 Å². The number of carbonyl (C=O) groups is 1. The second-order valence-corrected chi connectivity index (χ2v) is 9.51. The molecule has 1 fully saturated rings. The smallest absolute Gasteiger partial charge is 0.236 e. The fourth-order valence-electron chi connectivity index (χ4n) is 3.79. The summed E-state index contributed by atoms with van der Waals surface area (Å²) in [5, 5.41) is 4.31. The molecular weight excluding hydrogens is 384 g/mol. The summed E-state index contributed by atoms with van der Waals surface area (Å²) in [5.74, 6) is -0.211. The maximum atomic E-state index is 12.7. The summed E-state index contributed by atoms with van der Waals surface area (Å²) < 4.78 is 26.6. The lowest BCUT2D eigenvalue weighted by atomic mass is 9.96. The van der Waals surface area contributed by atoms with Gasteiger partial charge in [0, 0.05) is 30.1 Å². The molecule has 0 saturated carbocycles. The van der Waals surface area contributed by atoms with E-state index < -0.39 is 10.0 Å². The number of anilines is 1. The average molecular weight is 413 g/mol. The van der Waals surface area contributed by atoms with Crippen molar-refractivity contribution in [1.29, 1.82) is 0 Å². The van der Waals surface area contributed by atoms with Gasteiger partial charge in [-0.25, -0.2) is 8.42 Å². The second kappa shape index (κ2) is 8.93. The molecule has 1 saturated heterocycles. The van der Waals surface area contributed by atoms with Gasteiger partial charge in [0.2, 0.25) is 15.9 Å². The van der Waals surface area contributed by atoms with E-state index in [1.165, 1.54) is 15.3 Å². The quantitative estimate of drug-likeness (QED) is 0.798. The molecule has 1 heterocycles. The second-order valence-electron chi connectivity index (χ2n) is 7.69. The Morgan fingerprint density at radius 3 is 2.21 bits per heavy atom. The number of nitrogens with zero attached hydrogens (tertiary/aromatic N) is 1. The average Bonchev–Trinajstić information content (AvgIpc) is 2.70. The predicted octanol–water partition coefficient (Wildman–Crippen LogP) is 4.26. The Hall–Kier alpha value is -2.44.